The third-order valence-electron chi connectivity index (χ3n) is 2.08. The van der Waals surface area contributed by atoms with Gasteiger partial charge in [0.15, 0.2) is 0 Å². The fraction of sp³-hybridized carbons (Fsp3) is 0.750. The molecule has 1 unspecified atom stereocenters. The molecular weight excluding hydrogens is 172 g/mol. The Morgan fingerprint density at radius 3 is 2.92 bits per heavy atom. The molecule has 0 saturated carbocycles. The van der Waals surface area contributed by atoms with E-state index in [0.29, 0.717) is 19.5 Å². The van der Waals surface area contributed by atoms with Crippen molar-refractivity contribution in [3.05, 3.63) is 0 Å². The molecule has 1 fully saturated rings. The standard InChI is InChI=1S/C8H14N2O3/c1-9-7(12)2-3-10-5-6(11)4-8(10)13/h6,11H,2-5H2,1H3,(H,9,12). The Labute approximate surface area is 76.7 Å². The minimum Gasteiger partial charge on any atom is -0.391 e. The molecule has 0 aromatic rings. The van der Waals surface area contributed by atoms with Crippen molar-refractivity contribution in [3.63, 3.8) is 0 Å². The number of carbonyl (C=O) groups excluding carboxylic acids is 2. The van der Waals surface area contributed by atoms with Crippen molar-refractivity contribution in [2.45, 2.75) is 18.9 Å². The van der Waals surface area contributed by atoms with E-state index in [0.717, 1.165) is 0 Å². The first kappa shape index (κ1) is 9.98. The van der Waals surface area contributed by atoms with Gasteiger partial charge in [-0.05, 0) is 0 Å². The van der Waals surface area contributed by atoms with Gasteiger partial charge in [-0.2, -0.15) is 0 Å². The molecule has 1 heterocycles. The Morgan fingerprint density at radius 2 is 2.46 bits per heavy atom. The number of rotatable bonds is 3. The van der Waals surface area contributed by atoms with Gasteiger partial charge < -0.3 is 15.3 Å². The second-order valence-electron chi connectivity index (χ2n) is 3.12. The van der Waals surface area contributed by atoms with Crippen LogP contribution in [-0.4, -0.2) is 48.1 Å². The van der Waals surface area contributed by atoms with Gasteiger partial charge in [0.25, 0.3) is 0 Å². The zero-order valence-electron chi connectivity index (χ0n) is 7.62. The van der Waals surface area contributed by atoms with Gasteiger partial charge in [0.2, 0.25) is 11.8 Å². The van der Waals surface area contributed by atoms with Gasteiger partial charge in [-0.15, -0.1) is 0 Å². The van der Waals surface area contributed by atoms with Gasteiger partial charge in [-0.3, -0.25) is 9.59 Å². The van der Waals surface area contributed by atoms with Gasteiger partial charge in [0.1, 0.15) is 0 Å². The number of nitrogens with one attached hydrogen (secondary N) is 1. The molecule has 5 nitrogen and oxygen atoms in total. The Morgan fingerprint density at radius 1 is 1.77 bits per heavy atom. The van der Waals surface area contributed by atoms with Gasteiger partial charge in [0, 0.05) is 26.6 Å². The Balaban J connectivity index is 2.29. The SMILES string of the molecule is CNC(=O)CCN1CC(O)CC1=O. The molecule has 2 amide bonds. The molecule has 74 valence electrons. The molecule has 0 aromatic carbocycles. The molecule has 1 rings (SSSR count). The number of aliphatic hydroxyl groups excluding tert-OH is 1. The summed E-state index contributed by atoms with van der Waals surface area (Å²) in [5.74, 6) is -0.161. The van der Waals surface area contributed by atoms with Crippen LogP contribution < -0.4 is 5.32 Å². The number of amides is 2. The van der Waals surface area contributed by atoms with Crippen molar-refractivity contribution < 1.29 is 14.7 Å². The van der Waals surface area contributed by atoms with E-state index in [1.165, 1.54) is 4.90 Å². The van der Waals surface area contributed by atoms with E-state index in [4.69, 9.17) is 5.11 Å². The van der Waals surface area contributed by atoms with Crippen molar-refractivity contribution in [3.8, 4) is 0 Å². The van der Waals surface area contributed by atoms with Crippen LogP contribution in [0.3, 0.4) is 0 Å². The summed E-state index contributed by atoms with van der Waals surface area (Å²) in [5.41, 5.74) is 0. The molecule has 0 spiro atoms. The summed E-state index contributed by atoms with van der Waals surface area (Å²) in [7, 11) is 1.56. The minimum atomic E-state index is -0.558. The normalized spacial score (nSPS) is 22.2. The fourth-order valence-electron chi connectivity index (χ4n) is 1.33. The number of hydrogen-bond donors (Lipinski definition) is 2. The van der Waals surface area contributed by atoms with Crippen molar-refractivity contribution in [2.24, 2.45) is 0 Å². The average Bonchev–Trinajstić information content (AvgIpc) is 2.41. The zero-order valence-corrected chi connectivity index (χ0v) is 7.62. The van der Waals surface area contributed by atoms with Crippen molar-refractivity contribution >= 4 is 11.8 Å². The smallest absolute Gasteiger partial charge is 0.225 e. The van der Waals surface area contributed by atoms with Crippen LogP contribution in [0.1, 0.15) is 12.8 Å². The van der Waals surface area contributed by atoms with Gasteiger partial charge >= 0.3 is 0 Å². The van der Waals surface area contributed by atoms with Crippen molar-refractivity contribution in [2.75, 3.05) is 20.1 Å². The summed E-state index contributed by atoms with van der Waals surface area (Å²) < 4.78 is 0. The lowest BCUT2D eigenvalue weighted by atomic mass is 10.3. The highest BCUT2D eigenvalue weighted by molar-refractivity contribution is 5.80. The van der Waals surface area contributed by atoms with E-state index in [1.54, 1.807) is 7.05 Å². The van der Waals surface area contributed by atoms with Crippen LogP contribution in [0.5, 0.6) is 0 Å². The van der Waals surface area contributed by atoms with E-state index in [1.807, 2.05) is 0 Å². The monoisotopic (exact) mass is 186 g/mol. The molecule has 0 radical (unpaired) electrons. The molecule has 1 aliphatic heterocycles. The number of β-amino-alcohol motifs (C(OH)–C–C–N with tert-alkyl or cyclic N) is 1. The molecule has 0 aliphatic carbocycles. The summed E-state index contributed by atoms with van der Waals surface area (Å²) >= 11 is 0. The maximum atomic E-state index is 11.1. The Kier molecular flexibility index (Phi) is 3.25. The Bertz CT molecular complexity index is 217. The zero-order chi connectivity index (χ0) is 9.84. The van der Waals surface area contributed by atoms with Crippen LogP contribution in [0.15, 0.2) is 0 Å². The van der Waals surface area contributed by atoms with Gasteiger partial charge in [-0.1, -0.05) is 0 Å². The maximum absolute atomic E-state index is 11.1. The molecular formula is C8H14N2O3. The highest BCUT2D eigenvalue weighted by Crippen LogP contribution is 2.10. The third kappa shape index (κ3) is 2.69. The van der Waals surface area contributed by atoms with Crippen molar-refractivity contribution in [1.29, 1.82) is 0 Å². The Hall–Kier alpha value is -1.10. The number of hydrogen-bond acceptors (Lipinski definition) is 3. The molecule has 0 bridgehead atoms. The second kappa shape index (κ2) is 4.23. The number of carbonyl (C=O) groups is 2. The van der Waals surface area contributed by atoms with E-state index >= 15 is 0 Å². The van der Waals surface area contributed by atoms with Gasteiger partial charge in [0.05, 0.1) is 12.5 Å². The molecule has 0 aromatic heterocycles. The molecule has 5 heteroatoms. The number of likely N-dealkylation sites (tertiary alicyclic amines) is 1. The predicted molar refractivity (Wildman–Crippen MR) is 45.9 cm³/mol. The topological polar surface area (TPSA) is 69.6 Å². The molecule has 2 N–H and O–H groups in total. The lowest BCUT2D eigenvalue weighted by Crippen LogP contribution is -2.30. The van der Waals surface area contributed by atoms with Crippen LogP contribution >= 0.6 is 0 Å². The molecule has 1 aliphatic rings. The predicted octanol–water partition coefficient (Wildman–Crippen LogP) is -1.28. The highest BCUT2D eigenvalue weighted by atomic mass is 16.3. The van der Waals surface area contributed by atoms with Crippen LogP contribution in [0.4, 0.5) is 0 Å². The first-order chi connectivity index (χ1) is 6.13. The lowest BCUT2D eigenvalue weighted by molar-refractivity contribution is -0.128. The third-order valence-corrected chi connectivity index (χ3v) is 2.08. The van der Waals surface area contributed by atoms with E-state index < -0.39 is 6.10 Å². The fourth-order valence-corrected chi connectivity index (χ4v) is 1.33. The van der Waals surface area contributed by atoms with Crippen LogP contribution in [0.25, 0.3) is 0 Å². The van der Waals surface area contributed by atoms with Crippen LogP contribution in [0.2, 0.25) is 0 Å². The highest BCUT2D eigenvalue weighted by Gasteiger charge is 2.27. The lowest BCUT2D eigenvalue weighted by Gasteiger charge is -2.14. The van der Waals surface area contributed by atoms with Crippen molar-refractivity contribution in [1.82, 2.24) is 10.2 Å². The van der Waals surface area contributed by atoms with Crippen LogP contribution in [0, 0.1) is 0 Å². The minimum absolute atomic E-state index is 0.0728. The quantitative estimate of drug-likeness (QED) is 0.576. The van der Waals surface area contributed by atoms with E-state index in [9.17, 15) is 9.59 Å². The van der Waals surface area contributed by atoms with Gasteiger partial charge in [-0.25, -0.2) is 0 Å². The van der Waals surface area contributed by atoms with Crippen LogP contribution in [-0.2, 0) is 9.59 Å². The first-order valence-electron chi connectivity index (χ1n) is 4.30. The molecule has 1 saturated heterocycles. The van der Waals surface area contributed by atoms with E-state index in [-0.39, 0.29) is 18.2 Å². The number of nitrogens with zero attached hydrogens (tertiary/aromatic N) is 1. The maximum Gasteiger partial charge on any atom is 0.225 e. The van der Waals surface area contributed by atoms with E-state index in [2.05, 4.69) is 5.32 Å². The summed E-state index contributed by atoms with van der Waals surface area (Å²) in [6.45, 7) is 0.755. The molecule has 13 heavy (non-hydrogen) atoms. The molecule has 1 atom stereocenters. The summed E-state index contributed by atoms with van der Waals surface area (Å²) in [6, 6.07) is 0. The largest absolute Gasteiger partial charge is 0.391 e. The second-order valence-corrected chi connectivity index (χ2v) is 3.12. The summed E-state index contributed by atoms with van der Waals surface area (Å²) in [4.78, 5) is 23.5. The summed E-state index contributed by atoms with van der Waals surface area (Å²) in [6.07, 6.45) is -0.0694. The summed E-state index contributed by atoms with van der Waals surface area (Å²) in [5, 5.41) is 11.6. The first-order valence-corrected chi connectivity index (χ1v) is 4.30. The average molecular weight is 186 g/mol. The number of aliphatic hydroxyl groups is 1.